The van der Waals surface area contributed by atoms with Crippen LogP contribution in [0, 0.1) is 5.82 Å². The minimum Gasteiger partial charge on any atom is -0.326 e. The van der Waals surface area contributed by atoms with Crippen LogP contribution in [-0.2, 0) is 19.5 Å². The number of hydrogen-bond acceptors (Lipinski definition) is 2. The van der Waals surface area contributed by atoms with Gasteiger partial charge in [-0.25, -0.2) is 9.37 Å². The van der Waals surface area contributed by atoms with Gasteiger partial charge in [-0.15, -0.1) is 11.6 Å². The molecule has 0 N–H and O–H groups in total. The SMILES string of the molecule is Fc1cc2nc(CCCl)n(CCn3cccn3)c2cc1Br. The third kappa shape index (κ3) is 2.96. The molecule has 110 valence electrons. The quantitative estimate of drug-likeness (QED) is 0.642. The molecule has 0 aliphatic heterocycles. The van der Waals surface area contributed by atoms with Gasteiger partial charge in [0.15, 0.2) is 0 Å². The van der Waals surface area contributed by atoms with Gasteiger partial charge in [-0.2, -0.15) is 5.10 Å². The Bertz CT molecular complexity index is 754. The van der Waals surface area contributed by atoms with Crippen LogP contribution in [0.15, 0.2) is 35.1 Å². The van der Waals surface area contributed by atoms with E-state index in [1.165, 1.54) is 6.07 Å². The van der Waals surface area contributed by atoms with Gasteiger partial charge in [0.2, 0.25) is 0 Å². The Kier molecular flexibility index (Phi) is 4.26. The maximum Gasteiger partial charge on any atom is 0.139 e. The van der Waals surface area contributed by atoms with Crippen LogP contribution in [0.3, 0.4) is 0 Å². The molecule has 3 rings (SSSR count). The average molecular weight is 372 g/mol. The van der Waals surface area contributed by atoms with Crippen LogP contribution >= 0.6 is 27.5 Å². The standard InChI is InChI=1S/C14H13BrClFN4/c15-10-8-13-12(9-11(10)17)19-14(2-3-16)21(13)7-6-20-5-1-4-18-20/h1,4-5,8-9H,2-3,6-7H2. The maximum atomic E-state index is 13.6. The monoisotopic (exact) mass is 370 g/mol. The Morgan fingerprint density at radius 1 is 1.29 bits per heavy atom. The van der Waals surface area contributed by atoms with Crippen molar-refractivity contribution in [1.29, 1.82) is 0 Å². The summed E-state index contributed by atoms with van der Waals surface area (Å²) in [5.74, 6) is 1.04. The third-order valence-electron chi connectivity index (χ3n) is 3.30. The Morgan fingerprint density at radius 2 is 2.14 bits per heavy atom. The molecule has 2 aromatic heterocycles. The molecule has 0 bridgehead atoms. The molecule has 3 aromatic rings. The lowest BCUT2D eigenvalue weighted by Crippen LogP contribution is -2.11. The molecule has 21 heavy (non-hydrogen) atoms. The zero-order valence-electron chi connectivity index (χ0n) is 11.1. The fourth-order valence-corrected chi connectivity index (χ4v) is 2.83. The molecule has 0 spiro atoms. The van der Waals surface area contributed by atoms with Crippen LogP contribution in [0.5, 0.6) is 0 Å². The second-order valence-electron chi connectivity index (χ2n) is 4.64. The summed E-state index contributed by atoms with van der Waals surface area (Å²) in [4.78, 5) is 4.49. The van der Waals surface area contributed by atoms with Crippen LogP contribution in [-0.4, -0.2) is 25.2 Å². The maximum absolute atomic E-state index is 13.6. The highest BCUT2D eigenvalue weighted by Crippen LogP contribution is 2.24. The molecule has 0 saturated heterocycles. The van der Waals surface area contributed by atoms with Gasteiger partial charge in [-0.05, 0) is 28.1 Å². The lowest BCUT2D eigenvalue weighted by molar-refractivity contribution is 0.529. The highest BCUT2D eigenvalue weighted by molar-refractivity contribution is 9.10. The first kappa shape index (κ1) is 14.5. The minimum atomic E-state index is -0.309. The summed E-state index contributed by atoms with van der Waals surface area (Å²) in [5, 5.41) is 4.19. The van der Waals surface area contributed by atoms with E-state index in [9.17, 15) is 4.39 Å². The first-order chi connectivity index (χ1) is 10.2. The Balaban J connectivity index is 2.00. The van der Waals surface area contributed by atoms with Crippen LogP contribution in [0.4, 0.5) is 4.39 Å². The molecule has 1 aromatic carbocycles. The molecule has 0 atom stereocenters. The summed E-state index contributed by atoms with van der Waals surface area (Å²) in [6, 6.07) is 5.09. The molecule has 0 aliphatic carbocycles. The normalized spacial score (nSPS) is 11.4. The van der Waals surface area contributed by atoms with E-state index in [0.717, 1.165) is 17.9 Å². The van der Waals surface area contributed by atoms with Crippen molar-refractivity contribution in [3.05, 3.63) is 46.7 Å². The molecule has 2 heterocycles. The van der Waals surface area contributed by atoms with Gasteiger partial charge in [-0.3, -0.25) is 4.68 Å². The third-order valence-corrected chi connectivity index (χ3v) is 4.10. The molecule has 0 aliphatic rings. The van der Waals surface area contributed by atoms with Crippen molar-refractivity contribution in [2.75, 3.05) is 5.88 Å². The van der Waals surface area contributed by atoms with Gasteiger partial charge >= 0.3 is 0 Å². The zero-order chi connectivity index (χ0) is 14.8. The smallest absolute Gasteiger partial charge is 0.139 e. The molecular formula is C14H13BrClFN4. The van der Waals surface area contributed by atoms with E-state index in [2.05, 4.69) is 30.6 Å². The molecular weight excluding hydrogens is 359 g/mol. The average Bonchev–Trinajstić information content (AvgIpc) is 3.06. The van der Waals surface area contributed by atoms with Gasteiger partial charge < -0.3 is 4.57 Å². The van der Waals surface area contributed by atoms with Gasteiger partial charge in [0.25, 0.3) is 0 Å². The summed E-state index contributed by atoms with van der Waals surface area (Å²) in [6.45, 7) is 1.44. The van der Waals surface area contributed by atoms with E-state index in [-0.39, 0.29) is 5.82 Å². The van der Waals surface area contributed by atoms with Crippen molar-refractivity contribution in [2.45, 2.75) is 19.5 Å². The Morgan fingerprint density at radius 3 is 2.86 bits per heavy atom. The minimum absolute atomic E-state index is 0.309. The van der Waals surface area contributed by atoms with Crippen molar-refractivity contribution in [1.82, 2.24) is 19.3 Å². The second kappa shape index (κ2) is 6.15. The number of aromatic nitrogens is 4. The summed E-state index contributed by atoms with van der Waals surface area (Å²) in [5.41, 5.74) is 1.55. The second-order valence-corrected chi connectivity index (χ2v) is 5.88. The number of halogens is 3. The van der Waals surface area contributed by atoms with Crippen molar-refractivity contribution in [3.63, 3.8) is 0 Å². The largest absolute Gasteiger partial charge is 0.326 e. The molecule has 4 nitrogen and oxygen atoms in total. The van der Waals surface area contributed by atoms with E-state index in [1.807, 2.05) is 16.9 Å². The lowest BCUT2D eigenvalue weighted by Gasteiger charge is -2.09. The first-order valence-electron chi connectivity index (χ1n) is 6.56. The molecule has 0 fully saturated rings. The zero-order valence-corrected chi connectivity index (χ0v) is 13.5. The van der Waals surface area contributed by atoms with E-state index in [1.54, 1.807) is 12.3 Å². The van der Waals surface area contributed by atoms with Crippen LogP contribution < -0.4 is 0 Å². The van der Waals surface area contributed by atoms with Gasteiger partial charge in [0.05, 0.1) is 22.1 Å². The number of benzene rings is 1. The summed E-state index contributed by atoms with van der Waals surface area (Å²) >= 11 is 9.07. The molecule has 0 saturated carbocycles. The number of hydrogen-bond donors (Lipinski definition) is 0. The molecule has 0 radical (unpaired) electrons. The van der Waals surface area contributed by atoms with Crippen molar-refractivity contribution in [3.8, 4) is 0 Å². The van der Waals surface area contributed by atoms with Crippen molar-refractivity contribution in [2.24, 2.45) is 0 Å². The van der Waals surface area contributed by atoms with Gasteiger partial charge in [-0.1, -0.05) is 0 Å². The first-order valence-corrected chi connectivity index (χ1v) is 7.89. The highest BCUT2D eigenvalue weighted by Gasteiger charge is 2.13. The van der Waals surface area contributed by atoms with Crippen LogP contribution in [0.1, 0.15) is 5.82 Å². The predicted octanol–water partition coefficient (Wildman–Crippen LogP) is 3.62. The van der Waals surface area contributed by atoms with Gasteiger partial charge in [0.1, 0.15) is 11.6 Å². The number of fused-ring (bicyclic) bond motifs is 1. The number of rotatable bonds is 5. The summed E-state index contributed by atoms with van der Waals surface area (Å²) in [7, 11) is 0. The van der Waals surface area contributed by atoms with Crippen LogP contribution in [0.25, 0.3) is 11.0 Å². The topological polar surface area (TPSA) is 35.6 Å². The molecule has 0 amide bonds. The van der Waals surface area contributed by atoms with E-state index >= 15 is 0 Å². The van der Waals surface area contributed by atoms with E-state index in [4.69, 9.17) is 11.6 Å². The highest BCUT2D eigenvalue weighted by atomic mass is 79.9. The van der Waals surface area contributed by atoms with E-state index in [0.29, 0.717) is 28.8 Å². The number of alkyl halides is 1. The summed E-state index contributed by atoms with van der Waals surface area (Å²) < 4.78 is 18.0. The lowest BCUT2D eigenvalue weighted by atomic mass is 10.3. The van der Waals surface area contributed by atoms with Crippen molar-refractivity contribution < 1.29 is 4.39 Å². The molecule has 7 heteroatoms. The summed E-state index contributed by atoms with van der Waals surface area (Å²) in [6.07, 6.45) is 4.31. The number of imidazole rings is 1. The predicted molar refractivity (Wildman–Crippen MR) is 84.0 cm³/mol. The number of nitrogens with zero attached hydrogens (tertiary/aromatic N) is 4. The fraction of sp³-hybridized carbons (Fsp3) is 0.286. The number of aryl methyl sites for hydroxylation is 3. The van der Waals surface area contributed by atoms with E-state index < -0.39 is 0 Å². The fourth-order valence-electron chi connectivity index (χ4n) is 2.33. The Labute approximate surface area is 134 Å². The van der Waals surface area contributed by atoms with Crippen molar-refractivity contribution >= 4 is 38.6 Å². The van der Waals surface area contributed by atoms with Crippen LogP contribution in [0.2, 0.25) is 0 Å². The Hall–Kier alpha value is -1.40. The van der Waals surface area contributed by atoms with Gasteiger partial charge in [0, 0.05) is 37.3 Å². The molecule has 0 unspecified atom stereocenters.